The van der Waals surface area contributed by atoms with Crippen LogP contribution in [0.5, 0.6) is 0 Å². The van der Waals surface area contributed by atoms with Crippen LogP contribution in [0.15, 0.2) is 24.3 Å². The van der Waals surface area contributed by atoms with E-state index >= 15 is 0 Å². The van der Waals surface area contributed by atoms with Crippen molar-refractivity contribution in [2.75, 3.05) is 19.8 Å². The number of rotatable bonds is 27. The summed E-state index contributed by atoms with van der Waals surface area (Å²) in [5.74, 6) is -2.47. The number of unbranched alkanes of at least 4 members (excludes halogenated alkanes) is 9. The number of aliphatic carboxylic acids is 1. The number of carbonyl (C=O) groups is 3. The molecule has 0 aliphatic rings. The number of phosphoric ester groups is 1. The van der Waals surface area contributed by atoms with Gasteiger partial charge >= 0.3 is 19.8 Å². The number of phosphoric acid groups is 1. The fraction of sp³-hybridized carbons (Fsp3) is 0.759. The predicted molar refractivity (Wildman–Crippen MR) is 157 cm³/mol. The number of aliphatic hydroxyl groups is 1. The molecule has 3 unspecified atom stereocenters. The van der Waals surface area contributed by atoms with E-state index in [9.17, 15) is 28.9 Å². The van der Waals surface area contributed by atoms with E-state index < -0.39 is 57.6 Å². The van der Waals surface area contributed by atoms with Gasteiger partial charge in [0.2, 0.25) is 5.91 Å². The minimum absolute atomic E-state index is 0.0948. The largest absolute Gasteiger partial charge is 0.480 e. The molecule has 0 aromatic carbocycles. The SMILES string of the molecule is CCCCCC/C=C\C/C=C\CCCCCCCC(=O)OCC(O)COP(=O)(O)OCC(NC(=O)CCC)C(=O)O. The molecule has 0 saturated carbocycles. The van der Waals surface area contributed by atoms with Crippen LogP contribution in [-0.4, -0.2) is 64.9 Å². The van der Waals surface area contributed by atoms with Crippen LogP contribution in [-0.2, 0) is 32.7 Å². The Morgan fingerprint density at radius 1 is 0.780 bits per heavy atom. The number of nitrogens with one attached hydrogen (secondary N) is 1. The first kappa shape index (κ1) is 39.0. The van der Waals surface area contributed by atoms with Crippen LogP contribution in [0.1, 0.15) is 110 Å². The highest BCUT2D eigenvalue weighted by Crippen LogP contribution is 2.43. The summed E-state index contributed by atoms with van der Waals surface area (Å²) in [6.45, 7) is 2.05. The third kappa shape index (κ3) is 25.4. The standard InChI is InChI=1S/C29H52NO10P/c1-3-5-6-7-8-9-10-11-12-13-14-15-16-17-18-19-21-28(33)38-22-25(31)23-39-41(36,37)40-24-26(29(34)35)30-27(32)20-4-2/h9-10,12-13,25-26,31H,3-8,11,14-24H2,1-2H3,(H,30,32)(H,34,35)(H,36,37)/b10-9-,13-12-. The second-order valence-electron chi connectivity index (χ2n) is 9.94. The van der Waals surface area contributed by atoms with Gasteiger partial charge in [-0.05, 0) is 44.9 Å². The molecule has 41 heavy (non-hydrogen) atoms. The molecular formula is C29H52NO10P. The number of carbonyl (C=O) groups excluding carboxylic acids is 2. The van der Waals surface area contributed by atoms with E-state index in [0.29, 0.717) is 12.8 Å². The zero-order chi connectivity index (χ0) is 30.8. The Kier molecular flexibility index (Phi) is 24.4. The summed E-state index contributed by atoms with van der Waals surface area (Å²) >= 11 is 0. The van der Waals surface area contributed by atoms with Crippen LogP contribution in [0.2, 0.25) is 0 Å². The van der Waals surface area contributed by atoms with Gasteiger partial charge in [-0.25, -0.2) is 9.36 Å². The Labute approximate surface area is 245 Å². The van der Waals surface area contributed by atoms with E-state index in [-0.39, 0.29) is 12.8 Å². The van der Waals surface area contributed by atoms with Crippen molar-refractivity contribution < 1.29 is 47.8 Å². The summed E-state index contributed by atoms with van der Waals surface area (Å²) in [6.07, 6.45) is 21.5. The maximum Gasteiger partial charge on any atom is 0.472 e. The van der Waals surface area contributed by atoms with Crippen LogP contribution in [0, 0.1) is 0 Å². The zero-order valence-electron chi connectivity index (χ0n) is 24.8. The number of carboxylic acid groups (broad SMARTS) is 1. The highest BCUT2D eigenvalue weighted by molar-refractivity contribution is 7.47. The lowest BCUT2D eigenvalue weighted by Gasteiger charge is -2.18. The molecule has 3 atom stereocenters. The van der Waals surface area contributed by atoms with Gasteiger partial charge in [-0.3, -0.25) is 18.6 Å². The average Bonchev–Trinajstić information content (AvgIpc) is 2.92. The van der Waals surface area contributed by atoms with Crippen molar-refractivity contribution in [1.29, 1.82) is 0 Å². The van der Waals surface area contributed by atoms with Crippen LogP contribution < -0.4 is 5.32 Å². The number of aliphatic hydroxyl groups excluding tert-OH is 1. The fourth-order valence-corrected chi connectivity index (χ4v) is 4.39. The van der Waals surface area contributed by atoms with Crippen molar-refractivity contribution in [1.82, 2.24) is 5.32 Å². The zero-order valence-corrected chi connectivity index (χ0v) is 25.7. The molecule has 0 aromatic rings. The van der Waals surface area contributed by atoms with E-state index in [1.807, 2.05) is 0 Å². The Morgan fingerprint density at radius 3 is 1.98 bits per heavy atom. The van der Waals surface area contributed by atoms with Crippen LogP contribution in [0.25, 0.3) is 0 Å². The summed E-state index contributed by atoms with van der Waals surface area (Å²) in [4.78, 5) is 44.3. The Hall–Kier alpha value is -2.04. The lowest BCUT2D eigenvalue weighted by Crippen LogP contribution is -2.43. The summed E-state index contributed by atoms with van der Waals surface area (Å²) in [6, 6.07) is -1.54. The summed E-state index contributed by atoms with van der Waals surface area (Å²) in [5.41, 5.74) is 0. The van der Waals surface area contributed by atoms with E-state index in [4.69, 9.17) is 9.84 Å². The molecule has 0 spiro atoms. The number of esters is 1. The number of hydrogen-bond donors (Lipinski definition) is 4. The van der Waals surface area contributed by atoms with Crippen molar-refractivity contribution >= 4 is 25.7 Å². The topological polar surface area (TPSA) is 169 Å². The number of amides is 1. The van der Waals surface area contributed by atoms with Gasteiger partial charge in [0, 0.05) is 12.8 Å². The van der Waals surface area contributed by atoms with Crippen molar-refractivity contribution in [3.05, 3.63) is 24.3 Å². The number of carboxylic acids is 1. The Bertz CT molecular complexity index is 817. The number of allylic oxidation sites excluding steroid dienone is 4. The van der Waals surface area contributed by atoms with Gasteiger partial charge in [-0.15, -0.1) is 0 Å². The van der Waals surface area contributed by atoms with Gasteiger partial charge in [-0.1, -0.05) is 76.7 Å². The van der Waals surface area contributed by atoms with Crippen molar-refractivity contribution in [3.63, 3.8) is 0 Å². The first-order valence-corrected chi connectivity index (χ1v) is 16.4. The molecule has 0 aliphatic carbocycles. The predicted octanol–water partition coefficient (Wildman–Crippen LogP) is 5.60. The molecule has 0 aliphatic heterocycles. The molecule has 0 heterocycles. The van der Waals surface area contributed by atoms with Crippen LogP contribution in [0.3, 0.4) is 0 Å². The van der Waals surface area contributed by atoms with Crippen LogP contribution in [0.4, 0.5) is 0 Å². The minimum atomic E-state index is -4.72. The molecule has 0 radical (unpaired) electrons. The molecule has 1 amide bonds. The van der Waals surface area contributed by atoms with Crippen molar-refractivity contribution in [2.45, 2.75) is 122 Å². The third-order valence-corrected chi connectivity index (χ3v) is 6.91. The quantitative estimate of drug-likeness (QED) is 0.0400. The number of hydrogen-bond acceptors (Lipinski definition) is 8. The molecular weight excluding hydrogens is 553 g/mol. The maximum atomic E-state index is 12.0. The van der Waals surface area contributed by atoms with Gasteiger partial charge in [0.15, 0.2) is 6.04 Å². The van der Waals surface area contributed by atoms with E-state index in [1.54, 1.807) is 6.92 Å². The Balaban J connectivity index is 3.87. The van der Waals surface area contributed by atoms with E-state index in [0.717, 1.165) is 38.5 Å². The molecule has 4 N–H and O–H groups in total. The van der Waals surface area contributed by atoms with Gasteiger partial charge in [0.05, 0.1) is 13.2 Å². The molecule has 0 fully saturated rings. The second-order valence-corrected chi connectivity index (χ2v) is 11.4. The fourth-order valence-electron chi connectivity index (χ4n) is 3.62. The van der Waals surface area contributed by atoms with Gasteiger partial charge in [-0.2, -0.15) is 0 Å². The monoisotopic (exact) mass is 605 g/mol. The normalized spacial score (nSPS) is 14.6. The van der Waals surface area contributed by atoms with Crippen molar-refractivity contribution in [2.24, 2.45) is 0 Å². The smallest absolute Gasteiger partial charge is 0.472 e. The molecule has 0 saturated heterocycles. The van der Waals surface area contributed by atoms with E-state index in [1.165, 1.54) is 32.1 Å². The Morgan fingerprint density at radius 2 is 1.37 bits per heavy atom. The molecule has 0 rings (SSSR count). The average molecular weight is 606 g/mol. The summed E-state index contributed by atoms with van der Waals surface area (Å²) in [5, 5.41) is 21.2. The minimum Gasteiger partial charge on any atom is -0.480 e. The maximum absolute atomic E-state index is 12.0. The van der Waals surface area contributed by atoms with Gasteiger partial charge < -0.3 is 25.2 Å². The second kappa shape index (κ2) is 25.7. The molecule has 238 valence electrons. The molecule has 12 heteroatoms. The van der Waals surface area contributed by atoms with Gasteiger partial charge in [0.1, 0.15) is 12.7 Å². The molecule has 0 aromatic heterocycles. The summed E-state index contributed by atoms with van der Waals surface area (Å²) in [7, 11) is -4.72. The first-order chi connectivity index (χ1) is 19.6. The highest BCUT2D eigenvalue weighted by atomic mass is 31.2. The molecule has 0 bridgehead atoms. The lowest BCUT2D eigenvalue weighted by molar-refractivity contribution is -0.147. The lowest BCUT2D eigenvalue weighted by atomic mass is 10.1. The van der Waals surface area contributed by atoms with Crippen molar-refractivity contribution in [3.8, 4) is 0 Å². The summed E-state index contributed by atoms with van der Waals surface area (Å²) < 4.78 is 26.2. The molecule has 11 nitrogen and oxygen atoms in total. The van der Waals surface area contributed by atoms with Crippen LogP contribution >= 0.6 is 7.82 Å². The third-order valence-electron chi connectivity index (χ3n) is 5.96. The van der Waals surface area contributed by atoms with Gasteiger partial charge in [0.25, 0.3) is 0 Å². The first-order valence-electron chi connectivity index (χ1n) is 14.9. The van der Waals surface area contributed by atoms with E-state index in [2.05, 4.69) is 45.6 Å². The number of ether oxygens (including phenoxy) is 1. The highest BCUT2D eigenvalue weighted by Gasteiger charge is 2.28.